The maximum atomic E-state index is 12.3. The Kier molecular flexibility index (Phi) is 2.99. The molecule has 1 heterocycles. The first-order chi connectivity index (χ1) is 9.04. The van der Waals surface area contributed by atoms with Gasteiger partial charge in [-0.05, 0) is 37.0 Å². The summed E-state index contributed by atoms with van der Waals surface area (Å²) in [6, 6.07) is 0. The Balaban J connectivity index is 1.65. The predicted octanol–water partition coefficient (Wildman–Crippen LogP) is 1.51. The zero-order valence-corrected chi connectivity index (χ0v) is 11.7. The van der Waals surface area contributed by atoms with E-state index in [0.717, 1.165) is 18.4 Å². The number of aromatic nitrogens is 2. The highest BCUT2D eigenvalue weighted by molar-refractivity contribution is 5.96. The molecular weight excluding hydrogens is 240 g/mol. The summed E-state index contributed by atoms with van der Waals surface area (Å²) in [4.78, 5) is 14.1. The van der Waals surface area contributed by atoms with Gasteiger partial charge in [0.15, 0.2) is 5.69 Å². The van der Waals surface area contributed by atoms with Gasteiger partial charge in [0, 0.05) is 26.8 Å². The Morgan fingerprint density at radius 1 is 1.53 bits per heavy atom. The van der Waals surface area contributed by atoms with E-state index in [2.05, 4.69) is 5.10 Å². The summed E-state index contributed by atoms with van der Waals surface area (Å²) >= 11 is 0. The number of fused-ring (bicyclic) bond motifs is 2. The van der Waals surface area contributed by atoms with Crippen LogP contribution < -0.4 is 5.73 Å². The molecule has 19 heavy (non-hydrogen) atoms. The standard InChI is InChI=1S/C14H22N4O/c1-17(7-11-6-9-3-4-10(11)5-9)14(19)13-12(15)8-18(2)16-13/h8-11H,3-7,15H2,1-2H3. The second kappa shape index (κ2) is 4.54. The van der Waals surface area contributed by atoms with Crippen molar-refractivity contribution < 1.29 is 4.79 Å². The van der Waals surface area contributed by atoms with Crippen LogP contribution in [0.25, 0.3) is 0 Å². The van der Waals surface area contributed by atoms with Crippen molar-refractivity contribution in [3.05, 3.63) is 11.9 Å². The van der Waals surface area contributed by atoms with E-state index in [9.17, 15) is 4.79 Å². The molecule has 5 nitrogen and oxygen atoms in total. The van der Waals surface area contributed by atoms with Gasteiger partial charge in [0.25, 0.3) is 5.91 Å². The van der Waals surface area contributed by atoms with Crippen LogP contribution in [-0.4, -0.2) is 34.2 Å². The van der Waals surface area contributed by atoms with Crippen LogP contribution in [0.5, 0.6) is 0 Å². The molecule has 2 aliphatic rings. The third kappa shape index (κ3) is 2.22. The van der Waals surface area contributed by atoms with Crippen LogP contribution in [0.4, 0.5) is 5.69 Å². The normalized spacial score (nSPS) is 28.8. The number of rotatable bonds is 3. The van der Waals surface area contributed by atoms with Gasteiger partial charge < -0.3 is 10.6 Å². The Morgan fingerprint density at radius 2 is 2.32 bits per heavy atom. The van der Waals surface area contributed by atoms with E-state index in [4.69, 9.17) is 5.73 Å². The molecule has 2 fully saturated rings. The summed E-state index contributed by atoms with van der Waals surface area (Å²) in [5.41, 5.74) is 6.67. The van der Waals surface area contributed by atoms with Crippen molar-refractivity contribution in [2.24, 2.45) is 24.8 Å². The predicted molar refractivity (Wildman–Crippen MR) is 73.5 cm³/mol. The highest BCUT2D eigenvalue weighted by atomic mass is 16.2. The van der Waals surface area contributed by atoms with E-state index < -0.39 is 0 Å². The minimum absolute atomic E-state index is 0.0547. The van der Waals surface area contributed by atoms with Gasteiger partial charge in [-0.3, -0.25) is 9.48 Å². The van der Waals surface area contributed by atoms with E-state index in [-0.39, 0.29) is 5.91 Å². The first-order valence-corrected chi connectivity index (χ1v) is 7.09. The van der Waals surface area contributed by atoms with Crippen LogP contribution in [0.3, 0.4) is 0 Å². The molecule has 3 atom stereocenters. The summed E-state index contributed by atoms with van der Waals surface area (Å²) in [6.45, 7) is 0.843. The third-order valence-electron chi connectivity index (χ3n) is 4.80. The second-order valence-electron chi connectivity index (χ2n) is 6.23. The Labute approximate surface area is 113 Å². The second-order valence-corrected chi connectivity index (χ2v) is 6.23. The molecule has 3 rings (SSSR count). The van der Waals surface area contributed by atoms with Crippen LogP contribution in [0.2, 0.25) is 0 Å². The number of aryl methyl sites for hydroxylation is 1. The lowest BCUT2D eigenvalue weighted by Crippen LogP contribution is -2.34. The third-order valence-corrected chi connectivity index (χ3v) is 4.80. The van der Waals surface area contributed by atoms with Gasteiger partial charge in [0.2, 0.25) is 0 Å². The number of anilines is 1. The number of hydrogen-bond acceptors (Lipinski definition) is 3. The van der Waals surface area contributed by atoms with Crippen molar-refractivity contribution in [2.75, 3.05) is 19.3 Å². The largest absolute Gasteiger partial charge is 0.396 e. The topological polar surface area (TPSA) is 64.2 Å². The fourth-order valence-corrected chi connectivity index (χ4v) is 3.89. The van der Waals surface area contributed by atoms with E-state index in [1.165, 1.54) is 25.7 Å². The van der Waals surface area contributed by atoms with E-state index in [1.807, 2.05) is 7.05 Å². The highest BCUT2D eigenvalue weighted by Crippen LogP contribution is 2.48. The fourth-order valence-electron chi connectivity index (χ4n) is 3.89. The maximum Gasteiger partial charge on any atom is 0.276 e. The minimum atomic E-state index is -0.0547. The first-order valence-electron chi connectivity index (χ1n) is 7.09. The Bertz CT molecular complexity index is 496. The van der Waals surface area contributed by atoms with E-state index in [0.29, 0.717) is 17.3 Å². The highest BCUT2D eigenvalue weighted by Gasteiger charge is 2.40. The summed E-state index contributed by atoms with van der Waals surface area (Å²) in [5.74, 6) is 2.37. The molecule has 2 aliphatic carbocycles. The molecule has 104 valence electrons. The number of carbonyl (C=O) groups is 1. The number of nitrogens with two attached hydrogens (primary N) is 1. The van der Waals surface area contributed by atoms with Crippen LogP contribution in [-0.2, 0) is 7.05 Å². The van der Waals surface area contributed by atoms with Gasteiger partial charge >= 0.3 is 0 Å². The molecule has 0 saturated heterocycles. The zero-order chi connectivity index (χ0) is 13.6. The lowest BCUT2D eigenvalue weighted by Gasteiger charge is -2.26. The number of hydrogen-bond donors (Lipinski definition) is 1. The van der Waals surface area contributed by atoms with Gasteiger partial charge in [0.1, 0.15) is 0 Å². The minimum Gasteiger partial charge on any atom is -0.396 e. The smallest absolute Gasteiger partial charge is 0.276 e. The number of carbonyl (C=O) groups excluding carboxylic acids is 1. The monoisotopic (exact) mass is 262 g/mol. The van der Waals surface area contributed by atoms with Crippen molar-refractivity contribution in [3.8, 4) is 0 Å². The summed E-state index contributed by atoms with van der Waals surface area (Å²) in [7, 11) is 3.64. The van der Waals surface area contributed by atoms with Crippen LogP contribution >= 0.6 is 0 Å². The first kappa shape index (κ1) is 12.5. The van der Waals surface area contributed by atoms with Crippen molar-refractivity contribution in [2.45, 2.75) is 25.7 Å². The van der Waals surface area contributed by atoms with Crippen LogP contribution in [0.15, 0.2) is 6.20 Å². The molecule has 2 bridgehead atoms. The van der Waals surface area contributed by atoms with Gasteiger partial charge in [-0.1, -0.05) is 6.42 Å². The summed E-state index contributed by atoms with van der Waals surface area (Å²) in [5, 5.41) is 4.15. The van der Waals surface area contributed by atoms with Gasteiger partial charge in [-0.25, -0.2) is 0 Å². The van der Waals surface area contributed by atoms with Crippen LogP contribution in [0, 0.1) is 17.8 Å². The molecule has 1 aromatic rings. The zero-order valence-electron chi connectivity index (χ0n) is 11.7. The molecule has 0 radical (unpaired) electrons. The molecule has 2 N–H and O–H groups in total. The van der Waals surface area contributed by atoms with Gasteiger partial charge in [-0.15, -0.1) is 0 Å². The van der Waals surface area contributed by atoms with Crippen molar-refractivity contribution >= 4 is 11.6 Å². The lowest BCUT2D eigenvalue weighted by atomic mass is 9.88. The quantitative estimate of drug-likeness (QED) is 0.898. The molecule has 1 amide bonds. The fraction of sp³-hybridized carbons (Fsp3) is 0.714. The molecule has 1 aromatic heterocycles. The SMILES string of the molecule is CN(CC1CC2CCC1C2)C(=O)c1nn(C)cc1N. The van der Waals surface area contributed by atoms with Crippen molar-refractivity contribution in [1.29, 1.82) is 0 Å². The molecule has 2 saturated carbocycles. The molecule has 0 aliphatic heterocycles. The molecule has 5 heteroatoms. The summed E-state index contributed by atoms with van der Waals surface area (Å²) < 4.78 is 1.59. The average molecular weight is 262 g/mol. The van der Waals surface area contributed by atoms with Gasteiger partial charge in [0.05, 0.1) is 5.69 Å². The van der Waals surface area contributed by atoms with Crippen molar-refractivity contribution in [1.82, 2.24) is 14.7 Å². The number of nitrogen functional groups attached to an aromatic ring is 1. The molecule has 0 aromatic carbocycles. The Hall–Kier alpha value is -1.52. The van der Waals surface area contributed by atoms with Crippen molar-refractivity contribution in [3.63, 3.8) is 0 Å². The van der Waals surface area contributed by atoms with Gasteiger partial charge in [-0.2, -0.15) is 5.10 Å². The molecule has 0 spiro atoms. The molecule has 3 unspecified atom stereocenters. The Morgan fingerprint density at radius 3 is 2.84 bits per heavy atom. The van der Waals surface area contributed by atoms with E-state index >= 15 is 0 Å². The average Bonchev–Trinajstić information content (AvgIpc) is 3.03. The number of amides is 1. The van der Waals surface area contributed by atoms with E-state index in [1.54, 1.807) is 22.8 Å². The maximum absolute atomic E-state index is 12.3. The summed E-state index contributed by atoms with van der Waals surface area (Å²) in [6.07, 6.45) is 7.09. The van der Waals surface area contributed by atoms with Crippen LogP contribution in [0.1, 0.15) is 36.2 Å². The molecular formula is C14H22N4O. The lowest BCUT2D eigenvalue weighted by molar-refractivity contribution is 0.0748. The number of nitrogens with zero attached hydrogens (tertiary/aromatic N) is 3.